The largest absolute Gasteiger partial charge is 0.476 e. The van der Waals surface area contributed by atoms with Crippen molar-refractivity contribution < 1.29 is 14.4 Å². The van der Waals surface area contributed by atoms with Crippen LogP contribution in [0, 0.1) is 0 Å². The molecule has 0 spiro atoms. The van der Waals surface area contributed by atoms with Crippen molar-refractivity contribution in [1.29, 1.82) is 0 Å². The Morgan fingerprint density at radius 3 is 2.93 bits per heavy atom. The summed E-state index contributed by atoms with van der Waals surface area (Å²) in [6, 6.07) is 6.87. The van der Waals surface area contributed by atoms with E-state index in [0.29, 0.717) is 16.8 Å². The Labute approximate surface area is 85.1 Å². The standard InChI is InChI=1S/C10H8N2O3/c11-7-3-1-2-6(4-7)8-5-15-12-9(8)10(13)14/h1-5H,11H2,(H,13,14). The second-order valence-corrected chi connectivity index (χ2v) is 3.01. The average Bonchev–Trinajstić information content (AvgIpc) is 2.65. The maximum absolute atomic E-state index is 10.8. The highest BCUT2D eigenvalue weighted by molar-refractivity contribution is 5.93. The van der Waals surface area contributed by atoms with Crippen molar-refractivity contribution in [2.45, 2.75) is 0 Å². The predicted molar refractivity (Wildman–Crippen MR) is 53.3 cm³/mol. The van der Waals surface area contributed by atoms with Crippen LogP contribution in [0.3, 0.4) is 0 Å². The molecule has 0 atom stereocenters. The molecule has 15 heavy (non-hydrogen) atoms. The first-order valence-corrected chi connectivity index (χ1v) is 4.22. The minimum absolute atomic E-state index is 0.111. The second kappa shape index (κ2) is 3.45. The van der Waals surface area contributed by atoms with E-state index in [0.717, 1.165) is 0 Å². The minimum atomic E-state index is -1.12. The first-order valence-electron chi connectivity index (χ1n) is 4.22. The number of aromatic carboxylic acids is 1. The van der Waals surface area contributed by atoms with Gasteiger partial charge in [-0.3, -0.25) is 0 Å². The van der Waals surface area contributed by atoms with Crippen molar-refractivity contribution >= 4 is 11.7 Å². The highest BCUT2D eigenvalue weighted by Gasteiger charge is 2.16. The molecule has 0 aliphatic heterocycles. The molecule has 0 aliphatic rings. The van der Waals surface area contributed by atoms with E-state index in [1.165, 1.54) is 6.26 Å². The summed E-state index contributed by atoms with van der Waals surface area (Å²) in [5.41, 5.74) is 7.14. The summed E-state index contributed by atoms with van der Waals surface area (Å²) < 4.78 is 4.63. The summed E-state index contributed by atoms with van der Waals surface area (Å²) in [7, 11) is 0. The van der Waals surface area contributed by atoms with Gasteiger partial charge in [-0.15, -0.1) is 0 Å². The number of carbonyl (C=O) groups is 1. The topological polar surface area (TPSA) is 89.4 Å². The molecule has 0 radical (unpaired) electrons. The zero-order valence-electron chi connectivity index (χ0n) is 7.68. The highest BCUT2D eigenvalue weighted by Crippen LogP contribution is 2.24. The van der Waals surface area contributed by atoms with Crippen LogP contribution in [0.1, 0.15) is 10.5 Å². The number of aromatic nitrogens is 1. The smallest absolute Gasteiger partial charge is 0.358 e. The molecule has 1 heterocycles. The molecule has 3 N–H and O–H groups in total. The van der Waals surface area contributed by atoms with Gasteiger partial charge >= 0.3 is 5.97 Å². The normalized spacial score (nSPS) is 10.1. The molecule has 0 aliphatic carbocycles. The highest BCUT2D eigenvalue weighted by atomic mass is 16.5. The first-order chi connectivity index (χ1) is 7.18. The van der Waals surface area contributed by atoms with Crippen LogP contribution in [0.25, 0.3) is 11.1 Å². The summed E-state index contributed by atoms with van der Waals surface area (Å²) in [4.78, 5) is 10.8. The lowest BCUT2D eigenvalue weighted by molar-refractivity contribution is 0.0686. The van der Waals surface area contributed by atoms with Gasteiger partial charge in [-0.05, 0) is 17.7 Å². The Morgan fingerprint density at radius 2 is 2.27 bits per heavy atom. The lowest BCUT2D eigenvalue weighted by Gasteiger charge is -1.99. The molecule has 1 aromatic heterocycles. The monoisotopic (exact) mass is 204 g/mol. The van der Waals surface area contributed by atoms with Gasteiger partial charge in [0.25, 0.3) is 0 Å². The van der Waals surface area contributed by atoms with Crippen molar-refractivity contribution in [3.63, 3.8) is 0 Å². The van der Waals surface area contributed by atoms with Gasteiger partial charge in [-0.25, -0.2) is 4.79 Å². The van der Waals surface area contributed by atoms with Crippen molar-refractivity contribution in [2.75, 3.05) is 5.73 Å². The SMILES string of the molecule is Nc1cccc(-c2conc2C(=O)O)c1. The zero-order valence-corrected chi connectivity index (χ0v) is 7.68. The molecule has 0 saturated carbocycles. The maximum atomic E-state index is 10.8. The van der Waals surface area contributed by atoms with Gasteiger partial charge in [0, 0.05) is 5.69 Å². The molecule has 1 aromatic carbocycles. The van der Waals surface area contributed by atoms with Gasteiger partial charge in [-0.1, -0.05) is 17.3 Å². The molecule has 5 nitrogen and oxygen atoms in total. The third-order valence-corrected chi connectivity index (χ3v) is 1.97. The van der Waals surface area contributed by atoms with E-state index in [1.807, 2.05) is 0 Å². The molecule has 0 fully saturated rings. The summed E-state index contributed by atoms with van der Waals surface area (Å²) in [5.74, 6) is -1.12. The molecule has 0 bridgehead atoms. The number of benzene rings is 1. The van der Waals surface area contributed by atoms with E-state index in [-0.39, 0.29) is 5.69 Å². The molecular weight excluding hydrogens is 196 g/mol. The fraction of sp³-hybridized carbons (Fsp3) is 0. The maximum Gasteiger partial charge on any atom is 0.358 e. The third kappa shape index (κ3) is 1.67. The summed E-state index contributed by atoms with van der Waals surface area (Å²) in [6.45, 7) is 0. The van der Waals surface area contributed by atoms with Crippen LogP contribution in [0.5, 0.6) is 0 Å². The van der Waals surface area contributed by atoms with Gasteiger partial charge in [-0.2, -0.15) is 0 Å². The van der Waals surface area contributed by atoms with Crippen molar-refractivity contribution in [3.05, 3.63) is 36.2 Å². The average molecular weight is 204 g/mol. The van der Waals surface area contributed by atoms with E-state index in [4.69, 9.17) is 10.8 Å². The number of carboxylic acid groups (broad SMARTS) is 1. The Bertz CT molecular complexity index is 505. The van der Waals surface area contributed by atoms with Crippen LogP contribution in [0.15, 0.2) is 35.1 Å². The molecule has 76 valence electrons. The number of nitrogens with zero attached hydrogens (tertiary/aromatic N) is 1. The van der Waals surface area contributed by atoms with Crippen LogP contribution in [0.4, 0.5) is 5.69 Å². The second-order valence-electron chi connectivity index (χ2n) is 3.01. The summed E-state index contributed by atoms with van der Waals surface area (Å²) >= 11 is 0. The minimum Gasteiger partial charge on any atom is -0.476 e. The van der Waals surface area contributed by atoms with Gasteiger partial charge in [0.2, 0.25) is 0 Å². The Morgan fingerprint density at radius 1 is 1.47 bits per heavy atom. The fourth-order valence-electron chi connectivity index (χ4n) is 1.30. The van der Waals surface area contributed by atoms with Crippen molar-refractivity contribution in [3.8, 4) is 11.1 Å². The van der Waals surface area contributed by atoms with Crippen LogP contribution < -0.4 is 5.73 Å². The predicted octanol–water partition coefficient (Wildman–Crippen LogP) is 1.62. The van der Waals surface area contributed by atoms with Gasteiger partial charge < -0.3 is 15.4 Å². The van der Waals surface area contributed by atoms with Crippen LogP contribution in [-0.4, -0.2) is 16.2 Å². The van der Waals surface area contributed by atoms with Gasteiger partial charge in [0.1, 0.15) is 6.26 Å². The molecule has 0 amide bonds. The molecular formula is C10H8N2O3. The lowest BCUT2D eigenvalue weighted by Crippen LogP contribution is -1.98. The summed E-state index contributed by atoms with van der Waals surface area (Å²) in [5, 5.41) is 12.2. The third-order valence-electron chi connectivity index (χ3n) is 1.97. The molecule has 2 aromatic rings. The zero-order chi connectivity index (χ0) is 10.8. The number of nitrogen functional groups attached to an aromatic ring is 1. The van der Waals surface area contributed by atoms with E-state index in [1.54, 1.807) is 24.3 Å². The Hall–Kier alpha value is -2.30. The number of nitrogens with two attached hydrogens (primary N) is 1. The molecule has 0 saturated heterocycles. The van der Waals surface area contributed by atoms with Crippen LogP contribution in [0.2, 0.25) is 0 Å². The van der Waals surface area contributed by atoms with E-state index in [9.17, 15) is 4.79 Å². The fourth-order valence-corrected chi connectivity index (χ4v) is 1.30. The number of carboxylic acids is 1. The van der Waals surface area contributed by atoms with E-state index >= 15 is 0 Å². The van der Waals surface area contributed by atoms with E-state index in [2.05, 4.69) is 9.68 Å². The van der Waals surface area contributed by atoms with Crippen molar-refractivity contribution in [1.82, 2.24) is 5.16 Å². The van der Waals surface area contributed by atoms with E-state index < -0.39 is 5.97 Å². The number of anilines is 1. The van der Waals surface area contributed by atoms with Crippen LogP contribution in [-0.2, 0) is 0 Å². The molecule has 2 rings (SSSR count). The molecule has 5 heteroatoms. The Kier molecular flexibility index (Phi) is 2.13. The van der Waals surface area contributed by atoms with Crippen LogP contribution >= 0.6 is 0 Å². The Balaban J connectivity index is 2.54. The summed E-state index contributed by atoms with van der Waals surface area (Å²) in [6.07, 6.45) is 1.29. The van der Waals surface area contributed by atoms with Gasteiger partial charge in [0.05, 0.1) is 5.56 Å². The molecule has 0 unspecified atom stereocenters. The van der Waals surface area contributed by atoms with Gasteiger partial charge in [0.15, 0.2) is 5.69 Å². The first kappa shape index (κ1) is 9.26. The lowest BCUT2D eigenvalue weighted by atomic mass is 10.1. The quantitative estimate of drug-likeness (QED) is 0.725. The van der Waals surface area contributed by atoms with Crippen molar-refractivity contribution in [2.24, 2.45) is 0 Å². The number of hydrogen-bond donors (Lipinski definition) is 2. The number of rotatable bonds is 2. The number of hydrogen-bond acceptors (Lipinski definition) is 4.